The molecular weight excluding hydrogens is 347 g/mol. The Hall–Kier alpha value is -3.29. The Balaban J connectivity index is 1.39. The van der Waals surface area contributed by atoms with Crippen LogP contribution in [0.1, 0.15) is 28.9 Å². The van der Waals surface area contributed by atoms with Gasteiger partial charge in [-0.3, -0.25) is 4.79 Å². The number of halogens is 1. The summed E-state index contributed by atoms with van der Waals surface area (Å²) in [7, 11) is 0. The van der Waals surface area contributed by atoms with Gasteiger partial charge in [0.2, 0.25) is 5.95 Å². The van der Waals surface area contributed by atoms with Crippen molar-refractivity contribution in [3.63, 3.8) is 0 Å². The number of anilines is 2. The predicted octanol–water partition coefficient (Wildman–Crippen LogP) is 2.56. The zero-order chi connectivity index (χ0) is 18.4. The first-order chi connectivity index (χ1) is 13.2. The molecule has 0 radical (unpaired) electrons. The van der Waals surface area contributed by atoms with Gasteiger partial charge in [0.05, 0.1) is 35.4 Å². The number of fused-ring (bicyclic) bond motifs is 1. The molecule has 0 aromatic carbocycles. The van der Waals surface area contributed by atoms with Crippen LogP contribution in [0, 0.1) is 5.95 Å². The Labute approximate surface area is 155 Å². The summed E-state index contributed by atoms with van der Waals surface area (Å²) in [6, 6.07) is 6.81. The fraction of sp³-hybridized carbons (Fsp3) is 0.263. The van der Waals surface area contributed by atoms with E-state index < -0.39 is 5.95 Å². The van der Waals surface area contributed by atoms with Crippen LogP contribution in [-0.2, 0) is 6.54 Å². The SMILES string of the molecule is O=C1c2cn(-c3ccc(N4CCCC4)nc3)nc2CN1c1ccnc(F)c1. The lowest BCUT2D eigenvalue weighted by Crippen LogP contribution is -2.24. The van der Waals surface area contributed by atoms with Gasteiger partial charge < -0.3 is 9.80 Å². The molecule has 1 saturated heterocycles. The molecule has 8 heteroatoms. The van der Waals surface area contributed by atoms with E-state index in [4.69, 9.17) is 0 Å². The van der Waals surface area contributed by atoms with Gasteiger partial charge in [-0.05, 0) is 31.0 Å². The number of carbonyl (C=O) groups excluding carboxylic acids is 1. The van der Waals surface area contributed by atoms with Crippen molar-refractivity contribution in [3.8, 4) is 5.69 Å². The minimum atomic E-state index is -0.612. The summed E-state index contributed by atoms with van der Waals surface area (Å²) in [5.41, 5.74) is 2.48. The normalized spacial score (nSPS) is 16.3. The molecule has 0 saturated carbocycles. The molecule has 5 rings (SSSR count). The maximum Gasteiger partial charge on any atom is 0.262 e. The van der Waals surface area contributed by atoms with Crippen molar-refractivity contribution >= 4 is 17.4 Å². The molecule has 0 atom stereocenters. The van der Waals surface area contributed by atoms with Crippen molar-refractivity contribution in [3.05, 3.63) is 60.1 Å². The van der Waals surface area contributed by atoms with Crippen LogP contribution in [0.25, 0.3) is 5.69 Å². The molecular formula is C19H17FN6O. The summed E-state index contributed by atoms with van der Waals surface area (Å²) >= 11 is 0. The summed E-state index contributed by atoms with van der Waals surface area (Å²) in [5, 5.41) is 4.53. The van der Waals surface area contributed by atoms with Gasteiger partial charge in [-0.25, -0.2) is 14.6 Å². The molecule has 0 N–H and O–H groups in total. The molecule has 2 aliphatic heterocycles. The van der Waals surface area contributed by atoms with Crippen LogP contribution in [0.4, 0.5) is 15.9 Å². The second kappa shape index (κ2) is 6.15. The monoisotopic (exact) mass is 364 g/mol. The van der Waals surface area contributed by atoms with E-state index in [2.05, 4.69) is 20.0 Å². The first kappa shape index (κ1) is 15.9. The molecule has 7 nitrogen and oxygen atoms in total. The minimum absolute atomic E-state index is 0.191. The van der Waals surface area contributed by atoms with Crippen LogP contribution in [0.15, 0.2) is 42.9 Å². The topological polar surface area (TPSA) is 67.2 Å². The highest BCUT2D eigenvalue weighted by molar-refractivity contribution is 6.09. The standard InChI is InChI=1S/C19H17FN6O/c20-17-9-13(5-6-21-17)25-12-16-15(19(25)27)11-26(23-16)14-3-4-18(22-10-14)24-7-1-2-8-24/h3-6,9-11H,1-2,7-8,12H2. The zero-order valence-electron chi connectivity index (χ0n) is 14.5. The highest BCUT2D eigenvalue weighted by Gasteiger charge is 2.32. The average molecular weight is 364 g/mol. The van der Waals surface area contributed by atoms with E-state index in [0.717, 1.165) is 24.6 Å². The number of carbonyl (C=O) groups is 1. The van der Waals surface area contributed by atoms with Crippen molar-refractivity contribution in [1.29, 1.82) is 0 Å². The lowest BCUT2D eigenvalue weighted by molar-refractivity contribution is 0.0996. The number of rotatable bonds is 3. The number of pyridine rings is 2. The predicted molar refractivity (Wildman–Crippen MR) is 97.5 cm³/mol. The molecule has 0 unspecified atom stereocenters. The maximum atomic E-state index is 13.4. The summed E-state index contributed by atoms with van der Waals surface area (Å²) in [5.74, 6) is 0.167. The van der Waals surface area contributed by atoms with Crippen LogP contribution in [-0.4, -0.2) is 38.7 Å². The van der Waals surface area contributed by atoms with Crippen molar-refractivity contribution in [2.24, 2.45) is 0 Å². The van der Waals surface area contributed by atoms with Gasteiger partial charge in [0, 0.05) is 31.5 Å². The van der Waals surface area contributed by atoms with E-state index in [1.54, 1.807) is 23.1 Å². The Bertz CT molecular complexity index is 1010. The van der Waals surface area contributed by atoms with Gasteiger partial charge in [0.15, 0.2) is 0 Å². The Morgan fingerprint density at radius 2 is 1.89 bits per heavy atom. The van der Waals surface area contributed by atoms with Gasteiger partial charge in [0.25, 0.3) is 5.91 Å². The first-order valence-corrected chi connectivity index (χ1v) is 8.92. The number of aromatic nitrogens is 4. The Morgan fingerprint density at radius 3 is 2.59 bits per heavy atom. The molecule has 136 valence electrons. The maximum absolute atomic E-state index is 13.4. The van der Waals surface area contributed by atoms with E-state index in [0.29, 0.717) is 23.5 Å². The van der Waals surface area contributed by atoms with E-state index in [-0.39, 0.29) is 5.91 Å². The third kappa shape index (κ3) is 2.73. The number of hydrogen-bond acceptors (Lipinski definition) is 5. The van der Waals surface area contributed by atoms with Crippen LogP contribution in [0.2, 0.25) is 0 Å². The molecule has 1 fully saturated rings. The summed E-state index contributed by atoms with van der Waals surface area (Å²) in [4.78, 5) is 24.5. The summed E-state index contributed by atoms with van der Waals surface area (Å²) in [6.07, 6.45) is 7.24. The van der Waals surface area contributed by atoms with Gasteiger partial charge in [-0.15, -0.1) is 0 Å². The van der Waals surface area contributed by atoms with Gasteiger partial charge in [-0.1, -0.05) is 0 Å². The Kier molecular flexibility index (Phi) is 3.63. The Morgan fingerprint density at radius 1 is 1.04 bits per heavy atom. The van der Waals surface area contributed by atoms with Crippen molar-refractivity contribution < 1.29 is 9.18 Å². The molecule has 0 aliphatic carbocycles. The number of amides is 1. The van der Waals surface area contributed by atoms with Gasteiger partial charge in [0.1, 0.15) is 5.82 Å². The molecule has 0 spiro atoms. The van der Waals surface area contributed by atoms with Crippen molar-refractivity contribution in [2.75, 3.05) is 22.9 Å². The lowest BCUT2D eigenvalue weighted by Gasteiger charge is -2.16. The van der Waals surface area contributed by atoms with Crippen LogP contribution >= 0.6 is 0 Å². The lowest BCUT2D eigenvalue weighted by atomic mass is 10.3. The van der Waals surface area contributed by atoms with Crippen LogP contribution in [0.3, 0.4) is 0 Å². The highest BCUT2D eigenvalue weighted by atomic mass is 19.1. The first-order valence-electron chi connectivity index (χ1n) is 8.92. The molecule has 5 heterocycles. The van der Waals surface area contributed by atoms with Crippen LogP contribution in [0.5, 0.6) is 0 Å². The fourth-order valence-electron chi connectivity index (χ4n) is 3.62. The largest absolute Gasteiger partial charge is 0.357 e. The highest BCUT2D eigenvalue weighted by Crippen LogP contribution is 2.28. The third-order valence-corrected chi connectivity index (χ3v) is 5.02. The minimum Gasteiger partial charge on any atom is -0.357 e. The molecule has 2 aliphatic rings. The van der Waals surface area contributed by atoms with Gasteiger partial charge in [-0.2, -0.15) is 9.49 Å². The smallest absolute Gasteiger partial charge is 0.262 e. The number of nitrogens with zero attached hydrogens (tertiary/aromatic N) is 6. The second-order valence-electron chi connectivity index (χ2n) is 6.73. The summed E-state index contributed by atoms with van der Waals surface area (Å²) in [6.45, 7) is 2.40. The summed E-state index contributed by atoms with van der Waals surface area (Å²) < 4.78 is 15.0. The van der Waals surface area contributed by atoms with Crippen molar-refractivity contribution in [2.45, 2.75) is 19.4 Å². The average Bonchev–Trinajstić information content (AvgIpc) is 3.40. The molecule has 0 bridgehead atoms. The van der Waals surface area contributed by atoms with Gasteiger partial charge >= 0.3 is 0 Å². The van der Waals surface area contributed by atoms with E-state index >= 15 is 0 Å². The second-order valence-corrected chi connectivity index (χ2v) is 6.73. The fourth-order valence-corrected chi connectivity index (χ4v) is 3.62. The van der Waals surface area contributed by atoms with E-state index in [9.17, 15) is 9.18 Å². The number of hydrogen-bond donors (Lipinski definition) is 0. The quantitative estimate of drug-likeness (QED) is 0.668. The molecule has 1 amide bonds. The van der Waals surface area contributed by atoms with Crippen molar-refractivity contribution in [1.82, 2.24) is 19.7 Å². The molecule has 3 aromatic rings. The third-order valence-electron chi connectivity index (χ3n) is 5.02. The zero-order valence-corrected chi connectivity index (χ0v) is 14.5. The van der Waals surface area contributed by atoms with E-state index in [1.165, 1.54) is 30.0 Å². The van der Waals surface area contributed by atoms with E-state index in [1.807, 2.05) is 12.1 Å². The molecule has 3 aromatic heterocycles. The molecule has 27 heavy (non-hydrogen) atoms. The van der Waals surface area contributed by atoms with Crippen LogP contribution < -0.4 is 9.80 Å².